The Hall–Kier alpha value is -1.69. The molecular weight excluding hydrogens is 384 g/mol. The van der Waals surface area contributed by atoms with Gasteiger partial charge in [-0.2, -0.15) is 0 Å². The molecule has 1 N–H and O–H groups in total. The first-order valence-corrected chi connectivity index (χ1v) is 11.1. The minimum atomic E-state index is -1.29. The number of rotatable bonds is 2. The molecule has 0 aromatic carbocycles. The molecule has 0 aromatic rings. The highest BCUT2D eigenvalue weighted by molar-refractivity contribution is 6.05. The molecule has 0 saturated heterocycles. The second-order valence-electron chi connectivity index (χ2n) is 11.1. The lowest BCUT2D eigenvalue weighted by molar-refractivity contribution is -0.230. The second kappa shape index (κ2) is 6.41. The molecule has 2 bridgehead atoms. The number of ether oxygens (including phenoxy) is 2. The minimum absolute atomic E-state index is 0.0516. The molecule has 30 heavy (non-hydrogen) atoms. The average Bonchev–Trinajstić information content (AvgIpc) is 2.74. The first-order chi connectivity index (χ1) is 13.8. The van der Waals surface area contributed by atoms with Crippen molar-refractivity contribution in [3.05, 3.63) is 12.2 Å². The summed E-state index contributed by atoms with van der Waals surface area (Å²) in [5.74, 6) is -0.699. The number of Topliss-reactive ketones (excluding diaryl/α,β-unsaturated/α-hetero) is 1. The van der Waals surface area contributed by atoms with Gasteiger partial charge in [0.15, 0.2) is 5.78 Å². The number of esters is 2. The van der Waals surface area contributed by atoms with Gasteiger partial charge in [0.05, 0.1) is 5.60 Å². The molecule has 4 aliphatic rings. The molecule has 0 aliphatic heterocycles. The van der Waals surface area contributed by atoms with Crippen molar-refractivity contribution in [2.45, 2.75) is 91.0 Å². The molecule has 4 aliphatic carbocycles. The van der Waals surface area contributed by atoms with Gasteiger partial charge in [0.2, 0.25) is 0 Å². The van der Waals surface area contributed by atoms with E-state index in [1.54, 1.807) is 0 Å². The van der Waals surface area contributed by atoms with Crippen LogP contribution < -0.4 is 0 Å². The predicted molar refractivity (Wildman–Crippen MR) is 109 cm³/mol. The number of carbonyl (C=O) groups is 3. The minimum Gasteiger partial charge on any atom is -0.462 e. The van der Waals surface area contributed by atoms with Crippen LogP contribution >= 0.6 is 0 Å². The highest BCUT2D eigenvalue weighted by Gasteiger charge is 2.74. The number of fused-ring (bicyclic) bond motifs is 3. The molecule has 166 valence electrons. The van der Waals surface area contributed by atoms with Crippen molar-refractivity contribution in [3.63, 3.8) is 0 Å². The standard InChI is InChI=1S/C24H34O6/c1-13-20(27)23-10-7-17-21(4,5)18(30-15(3)26)8-9-22(17,6)19(23)16(29-14(2)25)11-24(13,28)12-23/h16-19,28H,1,7-12H2,2-6H3/t16-,17+,18+,19-,22+,23+,24-/m0/s1. The zero-order valence-electron chi connectivity index (χ0n) is 18.7. The van der Waals surface area contributed by atoms with Crippen LogP contribution in [0, 0.1) is 28.1 Å². The van der Waals surface area contributed by atoms with Gasteiger partial charge in [-0.1, -0.05) is 27.4 Å². The van der Waals surface area contributed by atoms with Crippen molar-refractivity contribution < 1.29 is 29.0 Å². The van der Waals surface area contributed by atoms with Crippen LogP contribution in [0.1, 0.15) is 73.1 Å². The van der Waals surface area contributed by atoms with E-state index in [2.05, 4.69) is 27.4 Å². The van der Waals surface area contributed by atoms with Gasteiger partial charge in [0.1, 0.15) is 12.2 Å². The van der Waals surface area contributed by atoms with Gasteiger partial charge in [-0.05, 0) is 43.4 Å². The van der Waals surface area contributed by atoms with E-state index in [-0.39, 0.29) is 52.5 Å². The van der Waals surface area contributed by atoms with Crippen LogP contribution in [0.5, 0.6) is 0 Å². The Morgan fingerprint density at radius 3 is 2.30 bits per heavy atom. The summed E-state index contributed by atoms with van der Waals surface area (Å²) in [5.41, 5.74) is -2.30. The molecule has 7 atom stereocenters. The second-order valence-corrected chi connectivity index (χ2v) is 11.1. The predicted octanol–water partition coefficient (Wildman–Crippen LogP) is 3.35. The van der Waals surface area contributed by atoms with Crippen molar-refractivity contribution >= 4 is 17.7 Å². The molecule has 0 aromatic heterocycles. The summed E-state index contributed by atoms with van der Waals surface area (Å²) in [6, 6.07) is 0. The van der Waals surface area contributed by atoms with Crippen LogP contribution in [0.25, 0.3) is 0 Å². The first-order valence-electron chi connectivity index (χ1n) is 11.1. The first kappa shape index (κ1) is 21.5. The van der Waals surface area contributed by atoms with Crippen LogP contribution in [0.15, 0.2) is 12.2 Å². The van der Waals surface area contributed by atoms with Crippen molar-refractivity contribution in [2.75, 3.05) is 0 Å². The third kappa shape index (κ3) is 2.68. The molecule has 4 saturated carbocycles. The van der Waals surface area contributed by atoms with Crippen LogP contribution in [-0.4, -0.2) is 40.6 Å². The van der Waals surface area contributed by atoms with E-state index in [1.807, 2.05) is 0 Å². The third-order valence-corrected chi connectivity index (χ3v) is 9.09. The summed E-state index contributed by atoms with van der Waals surface area (Å²) >= 11 is 0. The molecule has 0 heterocycles. The van der Waals surface area contributed by atoms with Gasteiger partial charge in [0, 0.05) is 42.6 Å². The lowest BCUT2D eigenvalue weighted by Crippen LogP contribution is -2.65. The van der Waals surface area contributed by atoms with E-state index < -0.39 is 23.1 Å². The number of ketones is 1. The summed E-state index contributed by atoms with van der Waals surface area (Å²) in [7, 11) is 0. The monoisotopic (exact) mass is 418 g/mol. The zero-order chi connectivity index (χ0) is 22.3. The molecule has 6 heteroatoms. The fourth-order valence-corrected chi connectivity index (χ4v) is 8.16. The van der Waals surface area contributed by atoms with E-state index in [0.717, 1.165) is 12.8 Å². The van der Waals surface area contributed by atoms with Gasteiger partial charge >= 0.3 is 11.9 Å². The maximum Gasteiger partial charge on any atom is 0.302 e. The lowest BCUT2D eigenvalue weighted by atomic mass is 9.40. The van der Waals surface area contributed by atoms with Gasteiger partial charge in [0.25, 0.3) is 0 Å². The molecular formula is C24H34O6. The Kier molecular flexibility index (Phi) is 4.60. The summed E-state index contributed by atoms with van der Waals surface area (Å²) < 4.78 is 11.5. The van der Waals surface area contributed by atoms with Crippen molar-refractivity contribution in [1.82, 2.24) is 0 Å². The van der Waals surface area contributed by atoms with Crippen LogP contribution in [-0.2, 0) is 23.9 Å². The fourth-order valence-electron chi connectivity index (χ4n) is 8.16. The maximum atomic E-state index is 13.5. The molecule has 1 spiro atoms. The zero-order valence-corrected chi connectivity index (χ0v) is 18.7. The number of hydrogen-bond acceptors (Lipinski definition) is 6. The highest BCUT2D eigenvalue weighted by atomic mass is 16.5. The van der Waals surface area contributed by atoms with Crippen LogP contribution in [0.3, 0.4) is 0 Å². The van der Waals surface area contributed by atoms with E-state index >= 15 is 0 Å². The molecule has 4 fully saturated rings. The number of aliphatic hydroxyl groups is 1. The molecule has 0 radical (unpaired) electrons. The van der Waals surface area contributed by atoms with Gasteiger partial charge < -0.3 is 14.6 Å². The number of carbonyl (C=O) groups excluding carboxylic acids is 3. The van der Waals surface area contributed by atoms with Crippen LogP contribution in [0.4, 0.5) is 0 Å². The Morgan fingerprint density at radius 2 is 1.70 bits per heavy atom. The van der Waals surface area contributed by atoms with Gasteiger partial charge in [-0.25, -0.2) is 0 Å². The summed E-state index contributed by atoms with van der Waals surface area (Å²) in [4.78, 5) is 37.2. The Balaban J connectivity index is 1.80. The van der Waals surface area contributed by atoms with E-state index in [9.17, 15) is 19.5 Å². The molecule has 6 nitrogen and oxygen atoms in total. The molecule has 0 unspecified atom stereocenters. The van der Waals surface area contributed by atoms with Gasteiger partial charge in [-0.3, -0.25) is 14.4 Å². The largest absolute Gasteiger partial charge is 0.462 e. The van der Waals surface area contributed by atoms with Crippen molar-refractivity contribution in [3.8, 4) is 0 Å². The topological polar surface area (TPSA) is 89.9 Å². The SMILES string of the molecule is C=C1C(=O)[C@@]23CC[C@@H]4C(C)(C)[C@H](OC(C)=O)CC[C@@]4(C)[C@@H]2[C@@H](OC(C)=O)C[C@]1(O)C3. The molecule has 0 amide bonds. The summed E-state index contributed by atoms with van der Waals surface area (Å²) in [5, 5.41) is 11.2. The Morgan fingerprint density at radius 1 is 1.07 bits per heavy atom. The van der Waals surface area contributed by atoms with E-state index in [4.69, 9.17) is 9.47 Å². The Labute approximate surface area is 178 Å². The average molecular weight is 419 g/mol. The highest BCUT2D eigenvalue weighted by Crippen LogP contribution is 2.72. The van der Waals surface area contributed by atoms with E-state index in [0.29, 0.717) is 19.3 Å². The van der Waals surface area contributed by atoms with E-state index in [1.165, 1.54) is 13.8 Å². The summed E-state index contributed by atoms with van der Waals surface area (Å²) in [6.07, 6.45) is 2.81. The smallest absolute Gasteiger partial charge is 0.302 e. The van der Waals surface area contributed by atoms with Gasteiger partial charge in [-0.15, -0.1) is 0 Å². The quantitative estimate of drug-likeness (QED) is 0.546. The Bertz CT molecular complexity index is 830. The third-order valence-electron chi connectivity index (χ3n) is 9.09. The fraction of sp³-hybridized carbons (Fsp3) is 0.792. The van der Waals surface area contributed by atoms with Crippen molar-refractivity contribution in [1.29, 1.82) is 0 Å². The van der Waals surface area contributed by atoms with Crippen LogP contribution in [0.2, 0.25) is 0 Å². The normalized spacial score (nSPS) is 46.6. The number of hydrogen-bond donors (Lipinski definition) is 1. The van der Waals surface area contributed by atoms with Crippen molar-refractivity contribution in [2.24, 2.45) is 28.1 Å². The maximum absolute atomic E-state index is 13.5. The lowest BCUT2D eigenvalue weighted by Gasteiger charge is -2.65. The molecule has 4 rings (SSSR count). The summed E-state index contributed by atoms with van der Waals surface area (Å²) in [6.45, 7) is 13.3.